The van der Waals surface area contributed by atoms with Crippen LogP contribution in [0.15, 0.2) is 0 Å². The van der Waals surface area contributed by atoms with Gasteiger partial charge in [0.25, 0.3) is 0 Å². The van der Waals surface area contributed by atoms with Crippen LogP contribution in [0.2, 0.25) is 0 Å². The van der Waals surface area contributed by atoms with Crippen molar-refractivity contribution in [1.82, 2.24) is 0 Å². The zero-order chi connectivity index (χ0) is 24.4. The number of rotatable bonds is 6. The van der Waals surface area contributed by atoms with Crippen LogP contribution in [0, 0.1) is 46.3 Å². The first-order valence-corrected chi connectivity index (χ1v) is 13.7. The molecule has 0 aromatic rings. The molecule has 4 rings (SSSR count). The molecule has 0 saturated heterocycles. The molecule has 0 spiro atoms. The van der Waals surface area contributed by atoms with Crippen LogP contribution in [0.25, 0.3) is 0 Å². The number of aliphatic hydroxyl groups is 2. The Hall–Kier alpha value is -0.650. The van der Waals surface area contributed by atoms with Crippen molar-refractivity contribution in [2.45, 2.75) is 111 Å². The van der Waals surface area contributed by atoms with E-state index in [-0.39, 0.29) is 29.5 Å². The van der Waals surface area contributed by atoms with E-state index in [0.717, 1.165) is 51.7 Å². The molecule has 3 N–H and O–H groups in total. The van der Waals surface area contributed by atoms with Gasteiger partial charge in [-0.15, -0.1) is 0 Å². The smallest absolute Gasteiger partial charge is 0.303 e. The van der Waals surface area contributed by atoms with Crippen LogP contribution in [0.5, 0.6) is 0 Å². The van der Waals surface area contributed by atoms with Gasteiger partial charge in [-0.3, -0.25) is 4.79 Å². The SMILES string of the molecule is CCOCC.C[C@H](CCC(=O)O)[C@H]1CC[C@H]2[C@@H]3CC[C@@H]4C[C@H](O)CC[C@]4(C)[C@H]3C[C@H](O)[C@]12C. The van der Waals surface area contributed by atoms with E-state index in [0.29, 0.717) is 35.5 Å². The van der Waals surface area contributed by atoms with Crippen molar-refractivity contribution in [2.24, 2.45) is 46.3 Å². The summed E-state index contributed by atoms with van der Waals surface area (Å²) in [5.74, 6) is 2.55. The van der Waals surface area contributed by atoms with Gasteiger partial charge in [-0.25, -0.2) is 0 Å². The van der Waals surface area contributed by atoms with Gasteiger partial charge in [0, 0.05) is 19.6 Å². The number of hydrogen-bond donors (Lipinski definition) is 3. The molecule has 0 radical (unpaired) electrons. The summed E-state index contributed by atoms with van der Waals surface area (Å²) in [6.45, 7) is 12.7. The lowest BCUT2D eigenvalue weighted by molar-refractivity contribution is -0.175. The Morgan fingerprint density at radius 3 is 2.30 bits per heavy atom. The molecule has 0 heterocycles. The highest BCUT2D eigenvalue weighted by Gasteiger charge is 2.63. The molecule has 4 aliphatic rings. The Labute approximate surface area is 201 Å². The number of hydrogen-bond acceptors (Lipinski definition) is 4. The summed E-state index contributed by atoms with van der Waals surface area (Å²) < 4.78 is 4.83. The maximum absolute atomic E-state index is 11.5. The first-order valence-electron chi connectivity index (χ1n) is 13.7. The minimum absolute atomic E-state index is 0.0591. The van der Waals surface area contributed by atoms with Crippen LogP contribution in [0.3, 0.4) is 0 Å². The number of carboxylic acids is 1. The van der Waals surface area contributed by atoms with Crippen molar-refractivity contribution in [3.05, 3.63) is 0 Å². The molecule has 0 unspecified atom stereocenters. The molecular formula is C28H50O5. The Kier molecular flexibility index (Phi) is 8.94. The molecule has 0 aromatic heterocycles. The summed E-state index contributed by atoms with van der Waals surface area (Å²) in [6.07, 6.45) is 9.26. The summed E-state index contributed by atoms with van der Waals surface area (Å²) >= 11 is 0. The number of ether oxygens (including phenoxy) is 1. The van der Waals surface area contributed by atoms with E-state index in [1.807, 2.05) is 13.8 Å². The summed E-state index contributed by atoms with van der Waals surface area (Å²) in [7, 11) is 0. The molecule has 4 fully saturated rings. The molecule has 33 heavy (non-hydrogen) atoms. The second-order valence-electron chi connectivity index (χ2n) is 12.1. The average molecular weight is 467 g/mol. The number of fused-ring (bicyclic) bond motifs is 5. The van der Waals surface area contributed by atoms with Crippen molar-refractivity contribution in [2.75, 3.05) is 13.2 Å². The van der Waals surface area contributed by atoms with E-state index in [1.165, 1.54) is 19.3 Å². The predicted molar refractivity (Wildman–Crippen MR) is 131 cm³/mol. The molecule has 0 aliphatic heterocycles. The van der Waals surface area contributed by atoms with Crippen LogP contribution in [-0.2, 0) is 9.53 Å². The van der Waals surface area contributed by atoms with Gasteiger partial charge in [-0.1, -0.05) is 20.8 Å². The van der Waals surface area contributed by atoms with E-state index >= 15 is 0 Å². The molecule has 0 aromatic carbocycles. The Morgan fingerprint density at radius 2 is 1.70 bits per heavy atom. The lowest BCUT2D eigenvalue weighted by Crippen LogP contribution is -2.58. The van der Waals surface area contributed by atoms with E-state index in [9.17, 15) is 15.0 Å². The van der Waals surface area contributed by atoms with Crippen molar-refractivity contribution in [1.29, 1.82) is 0 Å². The zero-order valence-electron chi connectivity index (χ0n) is 21.8. The maximum atomic E-state index is 11.5. The Bertz CT molecular complexity index is 650. The number of carbonyl (C=O) groups is 1. The first kappa shape index (κ1) is 26.9. The quantitative estimate of drug-likeness (QED) is 0.480. The fraction of sp³-hybridized carbons (Fsp3) is 0.964. The standard InChI is InChI=1S/C24H40O4.C4H10O/c1-14(4-9-22(27)28)18-7-8-19-17-6-5-15-12-16(25)10-11-23(15,2)20(17)13-21(26)24(18,19)3;1-3-5-4-2/h14-21,25-26H,4-13H2,1-3H3,(H,27,28);3-4H2,1-2H3/t14-,15-,16-,17+,18-,19+,20+,21+,23+,24-;/m1./s1. The summed E-state index contributed by atoms with van der Waals surface area (Å²) in [5, 5.41) is 30.8. The molecule has 0 amide bonds. The van der Waals surface area contributed by atoms with Crippen LogP contribution in [0.1, 0.15) is 98.8 Å². The highest BCUT2D eigenvalue weighted by Crippen LogP contribution is 2.68. The van der Waals surface area contributed by atoms with Gasteiger partial charge in [0.15, 0.2) is 0 Å². The van der Waals surface area contributed by atoms with Gasteiger partial charge in [-0.05, 0) is 118 Å². The third-order valence-corrected chi connectivity index (χ3v) is 10.7. The minimum Gasteiger partial charge on any atom is -0.481 e. The summed E-state index contributed by atoms with van der Waals surface area (Å²) in [6, 6.07) is 0. The highest BCUT2D eigenvalue weighted by molar-refractivity contribution is 5.66. The molecule has 4 aliphatic carbocycles. The molecule has 192 valence electrons. The molecule has 5 heteroatoms. The molecule has 10 atom stereocenters. The van der Waals surface area contributed by atoms with Crippen LogP contribution >= 0.6 is 0 Å². The number of aliphatic hydroxyl groups excluding tert-OH is 2. The van der Waals surface area contributed by atoms with Gasteiger partial charge in [0.05, 0.1) is 12.2 Å². The number of carboxylic acid groups (broad SMARTS) is 1. The predicted octanol–water partition coefficient (Wildman–Crippen LogP) is 5.52. The van der Waals surface area contributed by atoms with Crippen molar-refractivity contribution in [3.63, 3.8) is 0 Å². The third-order valence-electron chi connectivity index (χ3n) is 10.7. The Morgan fingerprint density at radius 1 is 1.00 bits per heavy atom. The average Bonchev–Trinajstić information content (AvgIpc) is 3.13. The third kappa shape index (κ3) is 5.16. The first-order chi connectivity index (χ1) is 15.6. The second-order valence-corrected chi connectivity index (χ2v) is 12.1. The topological polar surface area (TPSA) is 87.0 Å². The van der Waals surface area contributed by atoms with Crippen molar-refractivity contribution >= 4 is 5.97 Å². The fourth-order valence-electron chi connectivity index (χ4n) is 8.92. The summed E-state index contributed by atoms with van der Waals surface area (Å²) in [5.41, 5.74) is 0.216. The van der Waals surface area contributed by atoms with Gasteiger partial charge in [0.2, 0.25) is 0 Å². The molecule has 4 saturated carbocycles. The monoisotopic (exact) mass is 466 g/mol. The lowest BCUT2D eigenvalue weighted by atomic mass is 9.43. The van der Waals surface area contributed by atoms with E-state index < -0.39 is 5.97 Å². The van der Waals surface area contributed by atoms with Gasteiger partial charge >= 0.3 is 5.97 Å². The zero-order valence-corrected chi connectivity index (χ0v) is 21.8. The van der Waals surface area contributed by atoms with Crippen LogP contribution in [0.4, 0.5) is 0 Å². The normalized spacial score (nSPS) is 45.1. The van der Waals surface area contributed by atoms with Crippen LogP contribution < -0.4 is 0 Å². The lowest BCUT2D eigenvalue weighted by Gasteiger charge is -2.62. The summed E-state index contributed by atoms with van der Waals surface area (Å²) in [4.78, 5) is 11.1. The van der Waals surface area contributed by atoms with E-state index in [4.69, 9.17) is 9.84 Å². The number of aliphatic carboxylic acids is 1. The second kappa shape index (κ2) is 11.0. The minimum atomic E-state index is -0.707. The molecule has 0 bridgehead atoms. The Balaban J connectivity index is 0.000000555. The van der Waals surface area contributed by atoms with Crippen LogP contribution in [-0.4, -0.2) is 46.7 Å². The van der Waals surface area contributed by atoms with Gasteiger partial charge in [0.1, 0.15) is 0 Å². The van der Waals surface area contributed by atoms with Gasteiger partial charge < -0.3 is 20.1 Å². The van der Waals surface area contributed by atoms with E-state index in [1.54, 1.807) is 0 Å². The van der Waals surface area contributed by atoms with Crippen molar-refractivity contribution in [3.8, 4) is 0 Å². The fourth-order valence-corrected chi connectivity index (χ4v) is 8.92. The highest BCUT2D eigenvalue weighted by atomic mass is 16.5. The van der Waals surface area contributed by atoms with Crippen molar-refractivity contribution < 1.29 is 24.9 Å². The molecular weight excluding hydrogens is 416 g/mol. The molecule has 5 nitrogen and oxygen atoms in total. The maximum Gasteiger partial charge on any atom is 0.303 e. The van der Waals surface area contributed by atoms with Gasteiger partial charge in [-0.2, -0.15) is 0 Å². The largest absolute Gasteiger partial charge is 0.481 e. The van der Waals surface area contributed by atoms with E-state index in [2.05, 4.69) is 20.8 Å².